The lowest BCUT2D eigenvalue weighted by Gasteiger charge is -2.26. The minimum absolute atomic E-state index is 0.230. The predicted molar refractivity (Wildman–Crippen MR) is 137 cm³/mol. The number of aliphatic hydroxyl groups excluding tert-OH is 1. The van der Waals surface area contributed by atoms with Crippen LogP contribution in [0.1, 0.15) is 36.3 Å². The lowest BCUT2D eigenvalue weighted by Crippen LogP contribution is -2.45. The van der Waals surface area contributed by atoms with Crippen LogP contribution in [0, 0.1) is 6.92 Å². The van der Waals surface area contributed by atoms with Crippen LogP contribution in [0.4, 0.5) is 0 Å². The monoisotopic (exact) mass is 510 g/mol. The van der Waals surface area contributed by atoms with Crippen LogP contribution < -0.4 is 11.2 Å². The van der Waals surface area contributed by atoms with Crippen molar-refractivity contribution in [2.45, 2.75) is 70.9 Å². The summed E-state index contributed by atoms with van der Waals surface area (Å²) in [6, 6.07) is 19.2. The Hall–Kier alpha value is -3.08. The average Bonchev–Trinajstić information content (AvgIpc) is 3.25. The van der Waals surface area contributed by atoms with Crippen molar-refractivity contribution in [1.29, 1.82) is 0 Å². The van der Waals surface area contributed by atoms with Crippen molar-refractivity contribution in [3.8, 4) is 0 Å². The van der Waals surface area contributed by atoms with Gasteiger partial charge in [0.05, 0.1) is 19.3 Å². The standard InChI is InChI=1S/C28H34N2O7/c1-4-22(36-17-21-13-9-6-10-14-21)24-25(34-3)23(31)27(37-24)29-15-19(2)26(32)30(28(29)33)18-35-16-20-11-7-5-8-12-20/h5-15,22-25,27,31H,4,16-18H2,1-3H3/t22-,23-,24-,25+,27-/m1/s1. The maximum Gasteiger partial charge on any atom is 0.335 e. The van der Waals surface area contributed by atoms with Crippen LogP contribution in [0.25, 0.3) is 0 Å². The van der Waals surface area contributed by atoms with Gasteiger partial charge in [0.15, 0.2) is 6.23 Å². The van der Waals surface area contributed by atoms with Crippen molar-refractivity contribution in [1.82, 2.24) is 9.13 Å². The molecule has 2 aromatic carbocycles. The van der Waals surface area contributed by atoms with Crippen LogP contribution in [0.2, 0.25) is 0 Å². The molecular weight excluding hydrogens is 476 g/mol. The van der Waals surface area contributed by atoms with Crippen LogP contribution in [0.5, 0.6) is 0 Å². The van der Waals surface area contributed by atoms with Crippen molar-refractivity contribution < 1.29 is 24.1 Å². The second-order valence-electron chi connectivity index (χ2n) is 9.12. The number of aliphatic hydroxyl groups is 1. The average molecular weight is 511 g/mol. The SMILES string of the molecule is CC[C@@H](OCc1ccccc1)[C@H]1O[C@@H](n2cc(C)c(=O)n(COCc3ccccc3)c2=O)[C@H](O)[C@@H]1OC. The zero-order valence-corrected chi connectivity index (χ0v) is 21.4. The number of aromatic nitrogens is 2. The summed E-state index contributed by atoms with van der Waals surface area (Å²) in [4.78, 5) is 26.1. The van der Waals surface area contributed by atoms with Gasteiger partial charge in [0.2, 0.25) is 0 Å². The van der Waals surface area contributed by atoms with Crippen LogP contribution >= 0.6 is 0 Å². The van der Waals surface area contributed by atoms with E-state index >= 15 is 0 Å². The van der Waals surface area contributed by atoms with E-state index in [9.17, 15) is 14.7 Å². The second-order valence-corrected chi connectivity index (χ2v) is 9.12. The van der Waals surface area contributed by atoms with Gasteiger partial charge < -0.3 is 24.1 Å². The zero-order chi connectivity index (χ0) is 26.4. The highest BCUT2D eigenvalue weighted by Crippen LogP contribution is 2.34. The number of ether oxygens (including phenoxy) is 4. The Kier molecular flexibility index (Phi) is 9.07. The molecule has 5 atom stereocenters. The largest absolute Gasteiger partial charge is 0.386 e. The lowest BCUT2D eigenvalue weighted by atomic mass is 10.0. The van der Waals surface area contributed by atoms with Gasteiger partial charge in [-0.05, 0) is 24.5 Å². The van der Waals surface area contributed by atoms with Gasteiger partial charge in [-0.3, -0.25) is 9.36 Å². The third kappa shape index (κ3) is 6.08. The van der Waals surface area contributed by atoms with E-state index in [4.69, 9.17) is 18.9 Å². The highest BCUT2D eigenvalue weighted by Gasteiger charge is 2.48. The van der Waals surface area contributed by atoms with Gasteiger partial charge in [-0.2, -0.15) is 0 Å². The van der Waals surface area contributed by atoms with E-state index in [-0.39, 0.29) is 19.4 Å². The molecule has 2 heterocycles. The quantitative estimate of drug-likeness (QED) is 0.423. The summed E-state index contributed by atoms with van der Waals surface area (Å²) in [5.74, 6) is 0. The Morgan fingerprint density at radius 1 is 1.00 bits per heavy atom. The van der Waals surface area contributed by atoms with Crippen molar-refractivity contribution in [2.24, 2.45) is 0 Å². The van der Waals surface area contributed by atoms with Gasteiger partial charge in [0, 0.05) is 18.9 Å². The number of hydrogen-bond acceptors (Lipinski definition) is 7. The summed E-state index contributed by atoms with van der Waals surface area (Å²) in [6.45, 7) is 3.96. The summed E-state index contributed by atoms with van der Waals surface area (Å²) in [6.07, 6.45) is -1.94. The molecule has 9 heteroatoms. The molecule has 37 heavy (non-hydrogen) atoms. The van der Waals surface area contributed by atoms with E-state index in [2.05, 4.69) is 0 Å². The molecular formula is C28H34N2O7. The first kappa shape index (κ1) is 27.0. The predicted octanol–water partition coefficient (Wildman–Crippen LogP) is 2.76. The third-order valence-corrected chi connectivity index (χ3v) is 6.57. The molecule has 1 N–H and O–H groups in total. The molecule has 198 valence electrons. The molecule has 0 amide bonds. The van der Waals surface area contributed by atoms with Crippen LogP contribution in [-0.2, 0) is 38.9 Å². The normalized spacial score (nSPS) is 22.3. The third-order valence-electron chi connectivity index (χ3n) is 6.57. The number of benzene rings is 2. The van der Waals surface area contributed by atoms with Crippen LogP contribution in [0.15, 0.2) is 76.4 Å². The maximum absolute atomic E-state index is 13.4. The number of aryl methyl sites for hydroxylation is 1. The van der Waals surface area contributed by atoms with Crippen LogP contribution in [0.3, 0.4) is 0 Å². The molecule has 0 unspecified atom stereocenters. The van der Waals surface area contributed by atoms with Gasteiger partial charge in [0.1, 0.15) is 25.0 Å². The van der Waals surface area contributed by atoms with Crippen molar-refractivity contribution in [2.75, 3.05) is 7.11 Å². The Balaban J connectivity index is 1.54. The Morgan fingerprint density at radius 3 is 2.22 bits per heavy atom. The number of rotatable bonds is 11. The van der Waals surface area contributed by atoms with E-state index in [1.54, 1.807) is 6.92 Å². The molecule has 3 aromatic rings. The summed E-state index contributed by atoms with van der Waals surface area (Å²) in [7, 11) is 1.49. The summed E-state index contributed by atoms with van der Waals surface area (Å²) < 4.78 is 25.9. The van der Waals surface area contributed by atoms with E-state index in [0.29, 0.717) is 18.6 Å². The molecule has 9 nitrogen and oxygen atoms in total. The van der Waals surface area contributed by atoms with Crippen molar-refractivity contribution >= 4 is 0 Å². The Morgan fingerprint density at radius 2 is 1.62 bits per heavy atom. The molecule has 0 radical (unpaired) electrons. The van der Waals surface area contributed by atoms with E-state index in [1.807, 2.05) is 67.6 Å². The molecule has 0 saturated carbocycles. The first-order chi connectivity index (χ1) is 17.9. The second kappa shape index (κ2) is 12.4. The van der Waals surface area contributed by atoms with E-state index in [1.165, 1.54) is 17.9 Å². The molecule has 1 saturated heterocycles. The van der Waals surface area contributed by atoms with Gasteiger partial charge in [-0.25, -0.2) is 9.36 Å². The number of methoxy groups -OCH3 is 1. The van der Waals surface area contributed by atoms with Gasteiger partial charge >= 0.3 is 5.69 Å². The van der Waals surface area contributed by atoms with Crippen LogP contribution in [-0.4, -0.2) is 45.8 Å². The zero-order valence-electron chi connectivity index (χ0n) is 21.4. The molecule has 1 aliphatic heterocycles. The minimum atomic E-state index is -1.15. The highest BCUT2D eigenvalue weighted by molar-refractivity contribution is 5.14. The van der Waals surface area contributed by atoms with E-state index < -0.39 is 35.8 Å². The summed E-state index contributed by atoms with van der Waals surface area (Å²) in [5.41, 5.74) is 1.16. The smallest absolute Gasteiger partial charge is 0.335 e. The molecule has 0 spiro atoms. The molecule has 4 rings (SSSR count). The van der Waals surface area contributed by atoms with Crippen molar-refractivity contribution in [3.05, 3.63) is 104 Å². The van der Waals surface area contributed by atoms with Gasteiger partial charge in [0.25, 0.3) is 5.56 Å². The summed E-state index contributed by atoms with van der Waals surface area (Å²) in [5, 5.41) is 11.1. The topological polar surface area (TPSA) is 101 Å². The highest BCUT2D eigenvalue weighted by atomic mass is 16.6. The molecule has 1 aliphatic rings. The number of hydrogen-bond donors (Lipinski definition) is 1. The molecule has 0 aliphatic carbocycles. The molecule has 0 bridgehead atoms. The fourth-order valence-corrected chi connectivity index (χ4v) is 4.58. The van der Waals surface area contributed by atoms with Crippen molar-refractivity contribution in [3.63, 3.8) is 0 Å². The first-order valence-corrected chi connectivity index (χ1v) is 12.4. The molecule has 1 fully saturated rings. The molecule has 1 aromatic heterocycles. The lowest BCUT2D eigenvalue weighted by molar-refractivity contribution is -0.118. The van der Waals surface area contributed by atoms with Gasteiger partial charge in [-0.1, -0.05) is 67.6 Å². The van der Waals surface area contributed by atoms with Gasteiger partial charge in [-0.15, -0.1) is 0 Å². The summed E-state index contributed by atoms with van der Waals surface area (Å²) >= 11 is 0. The maximum atomic E-state index is 13.4. The number of nitrogens with zero attached hydrogens (tertiary/aromatic N) is 2. The Labute approximate surface area is 215 Å². The Bertz CT molecular complexity index is 1260. The first-order valence-electron chi connectivity index (χ1n) is 12.4. The van der Waals surface area contributed by atoms with E-state index in [0.717, 1.165) is 15.7 Å². The fourth-order valence-electron chi connectivity index (χ4n) is 4.58. The fraction of sp³-hybridized carbons (Fsp3) is 0.429. The minimum Gasteiger partial charge on any atom is -0.386 e.